The van der Waals surface area contributed by atoms with E-state index in [9.17, 15) is 4.79 Å². The van der Waals surface area contributed by atoms with Gasteiger partial charge in [-0.05, 0) is 0 Å². The minimum absolute atomic E-state index is 0.401. The number of hydrogen-bond acceptors (Lipinski definition) is 3. The van der Waals surface area contributed by atoms with Crippen LogP contribution >= 0.6 is 0 Å². The van der Waals surface area contributed by atoms with Gasteiger partial charge in [-0.25, -0.2) is 4.79 Å². The first kappa shape index (κ1) is 6.39. The van der Waals surface area contributed by atoms with Gasteiger partial charge in [-0.15, -0.1) is 0 Å². The van der Waals surface area contributed by atoms with E-state index in [1.165, 1.54) is 0 Å². The fourth-order valence-corrected chi connectivity index (χ4v) is 0.280. The van der Waals surface area contributed by atoms with E-state index in [0.29, 0.717) is 10.5 Å². The molecule has 0 N–H and O–H groups in total. The van der Waals surface area contributed by atoms with E-state index in [2.05, 4.69) is 16.0 Å². The molecule has 0 aromatic heterocycles. The SMILES string of the molecule is C=CC(=O)OO[SiH3]. The molecular weight excluding hydrogens is 112 g/mol. The Morgan fingerprint density at radius 3 is 2.57 bits per heavy atom. The quantitative estimate of drug-likeness (QED) is 0.200. The zero-order chi connectivity index (χ0) is 5.70. The van der Waals surface area contributed by atoms with Crippen LogP contribution in [0.15, 0.2) is 12.7 Å². The molecule has 4 heteroatoms. The van der Waals surface area contributed by atoms with Crippen molar-refractivity contribution in [1.82, 2.24) is 0 Å². The van der Waals surface area contributed by atoms with Crippen molar-refractivity contribution in [1.29, 1.82) is 0 Å². The van der Waals surface area contributed by atoms with Crippen LogP contribution in [0.25, 0.3) is 0 Å². The van der Waals surface area contributed by atoms with E-state index in [0.717, 1.165) is 6.08 Å². The van der Waals surface area contributed by atoms with Crippen LogP contribution in [-0.4, -0.2) is 16.5 Å². The highest BCUT2D eigenvalue weighted by molar-refractivity contribution is 5.98. The average molecular weight is 118 g/mol. The van der Waals surface area contributed by atoms with E-state index in [4.69, 9.17) is 0 Å². The number of carbonyl (C=O) groups is 1. The molecule has 0 spiro atoms. The van der Waals surface area contributed by atoms with Crippen molar-refractivity contribution >= 4 is 16.5 Å². The summed E-state index contributed by atoms with van der Waals surface area (Å²) >= 11 is 0. The van der Waals surface area contributed by atoms with Crippen molar-refractivity contribution in [2.24, 2.45) is 0 Å². The Morgan fingerprint density at radius 1 is 1.86 bits per heavy atom. The number of rotatable bonds is 2. The second kappa shape index (κ2) is 3.57. The topological polar surface area (TPSA) is 35.5 Å². The van der Waals surface area contributed by atoms with Crippen molar-refractivity contribution in [3.8, 4) is 0 Å². The van der Waals surface area contributed by atoms with Crippen LogP contribution in [0.3, 0.4) is 0 Å². The third-order valence-electron chi connectivity index (χ3n) is 0.332. The third-order valence-corrected chi connectivity index (χ3v) is 0.499. The lowest BCUT2D eigenvalue weighted by Crippen LogP contribution is -1.97. The zero-order valence-corrected chi connectivity index (χ0v) is 6.01. The third kappa shape index (κ3) is 3.21. The molecule has 0 aromatic rings. The van der Waals surface area contributed by atoms with Crippen LogP contribution in [0, 0.1) is 0 Å². The van der Waals surface area contributed by atoms with Crippen molar-refractivity contribution in [3.05, 3.63) is 12.7 Å². The fourth-order valence-electron chi connectivity index (χ4n) is 0.116. The second-order valence-electron chi connectivity index (χ2n) is 0.773. The maximum atomic E-state index is 9.97. The smallest absolute Gasteiger partial charge is 0.306 e. The van der Waals surface area contributed by atoms with E-state index >= 15 is 0 Å². The van der Waals surface area contributed by atoms with Crippen LogP contribution in [0.4, 0.5) is 0 Å². The van der Waals surface area contributed by atoms with Gasteiger partial charge < -0.3 is 4.89 Å². The van der Waals surface area contributed by atoms with E-state index in [-0.39, 0.29) is 0 Å². The molecule has 0 aliphatic rings. The molecule has 3 nitrogen and oxygen atoms in total. The molecule has 0 unspecified atom stereocenters. The monoisotopic (exact) mass is 118 g/mol. The first-order chi connectivity index (χ1) is 3.31. The lowest BCUT2D eigenvalue weighted by Gasteiger charge is -1.90. The van der Waals surface area contributed by atoms with Gasteiger partial charge in [0.25, 0.3) is 0 Å². The van der Waals surface area contributed by atoms with Crippen LogP contribution in [-0.2, 0) is 14.3 Å². The normalized spacial score (nSPS) is 8.00. The Hall–Kier alpha value is -0.613. The van der Waals surface area contributed by atoms with Crippen LogP contribution in [0.5, 0.6) is 0 Å². The summed E-state index contributed by atoms with van der Waals surface area (Å²) in [4.78, 5) is 14.0. The lowest BCUT2D eigenvalue weighted by molar-refractivity contribution is -0.205. The molecule has 0 atom stereocenters. The molecule has 0 saturated heterocycles. The zero-order valence-electron chi connectivity index (χ0n) is 4.01. The fraction of sp³-hybridized carbons (Fsp3) is 0. The van der Waals surface area contributed by atoms with Gasteiger partial charge in [0.15, 0.2) is 0 Å². The molecule has 40 valence electrons. The predicted octanol–water partition coefficient (Wildman–Crippen LogP) is -1.07. The van der Waals surface area contributed by atoms with Gasteiger partial charge in [0, 0.05) is 6.08 Å². The lowest BCUT2D eigenvalue weighted by atomic mass is 10.7. The molecule has 7 heavy (non-hydrogen) atoms. The highest BCUT2D eigenvalue weighted by atomic mass is 28.2. The Labute approximate surface area is 44.4 Å². The molecule has 0 aliphatic carbocycles. The summed E-state index contributed by atoms with van der Waals surface area (Å²) in [7, 11) is 0.401. The summed E-state index contributed by atoms with van der Waals surface area (Å²) in [5.41, 5.74) is 0. The molecule has 0 radical (unpaired) electrons. The maximum Gasteiger partial charge on any atom is 0.363 e. The predicted molar refractivity (Wildman–Crippen MR) is 27.3 cm³/mol. The molecule has 0 aromatic carbocycles. The summed E-state index contributed by atoms with van der Waals surface area (Å²) < 4.78 is 4.11. The summed E-state index contributed by atoms with van der Waals surface area (Å²) in [6.07, 6.45) is 1.04. The Morgan fingerprint density at radius 2 is 2.43 bits per heavy atom. The summed E-state index contributed by atoms with van der Waals surface area (Å²) in [5.74, 6) is -0.546. The average Bonchev–Trinajstić information content (AvgIpc) is 1.68. The molecular formula is C3H6O3Si. The first-order valence-electron chi connectivity index (χ1n) is 1.68. The van der Waals surface area contributed by atoms with Gasteiger partial charge in [-0.3, -0.25) is 4.58 Å². The highest BCUT2D eigenvalue weighted by Crippen LogP contribution is 1.74. The van der Waals surface area contributed by atoms with Crippen LogP contribution in [0.1, 0.15) is 0 Å². The molecule has 0 aliphatic heterocycles. The largest absolute Gasteiger partial charge is 0.363 e. The minimum Gasteiger partial charge on any atom is -0.306 e. The maximum absolute atomic E-state index is 9.97. The minimum atomic E-state index is -0.546. The molecule has 0 amide bonds. The van der Waals surface area contributed by atoms with E-state index < -0.39 is 5.97 Å². The number of carbonyl (C=O) groups excluding carboxylic acids is 1. The molecule has 0 fully saturated rings. The standard InChI is InChI=1S/C3H6O3Si/c1-2-3(4)5-6-7/h2H,1H2,7H3. The number of hydrogen-bond donors (Lipinski definition) is 0. The second-order valence-corrected chi connectivity index (χ2v) is 1.11. The van der Waals surface area contributed by atoms with Gasteiger partial charge in [0.1, 0.15) is 0 Å². The van der Waals surface area contributed by atoms with Crippen molar-refractivity contribution in [2.45, 2.75) is 0 Å². The molecule has 0 bridgehead atoms. The van der Waals surface area contributed by atoms with Gasteiger partial charge in [-0.1, -0.05) is 6.58 Å². The van der Waals surface area contributed by atoms with Crippen molar-refractivity contribution in [2.75, 3.05) is 0 Å². The Kier molecular flexibility index (Phi) is 3.26. The van der Waals surface area contributed by atoms with E-state index in [1.807, 2.05) is 0 Å². The first-order valence-corrected chi connectivity index (χ1v) is 2.50. The Balaban J connectivity index is 3.17. The Bertz CT molecular complexity index is 80.2. The summed E-state index contributed by atoms with van der Waals surface area (Å²) in [6, 6.07) is 0. The van der Waals surface area contributed by atoms with Crippen LogP contribution in [0.2, 0.25) is 0 Å². The van der Waals surface area contributed by atoms with Gasteiger partial charge in [-0.2, -0.15) is 0 Å². The molecule has 0 saturated carbocycles. The molecule has 0 rings (SSSR count). The van der Waals surface area contributed by atoms with Crippen LogP contribution < -0.4 is 0 Å². The van der Waals surface area contributed by atoms with E-state index in [1.54, 1.807) is 0 Å². The van der Waals surface area contributed by atoms with Crippen molar-refractivity contribution < 1.29 is 14.3 Å². The summed E-state index contributed by atoms with van der Waals surface area (Å²) in [6.45, 7) is 3.14. The van der Waals surface area contributed by atoms with Gasteiger partial charge in [0.2, 0.25) is 10.5 Å². The van der Waals surface area contributed by atoms with Gasteiger partial charge >= 0.3 is 5.97 Å². The van der Waals surface area contributed by atoms with Crippen molar-refractivity contribution in [3.63, 3.8) is 0 Å². The highest BCUT2D eigenvalue weighted by Gasteiger charge is 1.88. The van der Waals surface area contributed by atoms with Gasteiger partial charge in [0.05, 0.1) is 0 Å². The molecule has 0 heterocycles. The summed E-state index contributed by atoms with van der Waals surface area (Å²) in [5, 5.41) is 0.